The highest BCUT2D eigenvalue weighted by Crippen LogP contribution is 2.11. The minimum absolute atomic E-state index is 0.0547. The van der Waals surface area contributed by atoms with E-state index in [0.717, 1.165) is 9.13 Å². The van der Waals surface area contributed by atoms with Crippen molar-refractivity contribution in [3.05, 3.63) is 33.4 Å². The number of rotatable bonds is 2. The van der Waals surface area contributed by atoms with Gasteiger partial charge in [0.25, 0.3) is 0 Å². The molecule has 0 atom stereocenters. The van der Waals surface area contributed by atoms with Crippen LogP contribution in [-0.2, 0) is 11.2 Å². The molecule has 0 unspecified atom stereocenters. The van der Waals surface area contributed by atoms with Gasteiger partial charge >= 0.3 is 0 Å². The standard InChI is InChI=1S/C9H10INO/c1-11-9(12)6-7-4-2-3-5-8(7)10/h2-5H,6H2,1H3,(H,11,12). The van der Waals surface area contributed by atoms with Crippen molar-refractivity contribution in [3.63, 3.8) is 0 Å². The minimum atomic E-state index is 0.0547. The summed E-state index contributed by atoms with van der Waals surface area (Å²) < 4.78 is 1.14. The Morgan fingerprint density at radius 1 is 1.50 bits per heavy atom. The van der Waals surface area contributed by atoms with Crippen LogP contribution in [0, 0.1) is 3.57 Å². The van der Waals surface area contributed by atoms with Gasteiger partial charge in [0.2, 0.25) is 5.91 Å². The van der Waals surface area contributed by atoms with Crippen molar-refractivity contribution >= 4 is 28.5 Å². The van der Waals surface area contributed by atoms with Crippen LogP contribution in [0.25, 0.3) is 0 Å². The van der Waals surface area contributed by atoms with E-state index in [0.29, 0.717) is 6.42 Å². The van der Waals surface area contributed by atoms with Crippen molar-refractivity contribution in [1.82, 2.24) is 5.32 Å². The molecule has 2 nitrogen and oxygen atoms in total. The third kappa shape index (κ3) is 2.48. The predicted octanol–water partition coefficient (Wildman–Crippen LogP) is 1.58. The second kappa shape index (κ2) is 4.45. The first-order chi connectivity index (χ1) is 5.74. The minimum Gasteiger partial charge on any atom is -0.359 e. The summed E-state index contributed by atoms with van der Waals surface area (Å²) in [5.74, 6) is 0.0547. The number of hydrogen-bond acceptors (Lipinski definition) is 1. The number of carbonyl (C=O) groups is 1. The maximum absolute atomic E-state index is 11.0. The molecular formula is C9H10INO. The third-order valence-electron chi connectivity index (χ3n) is 1.59. The number of likely N-dealkylation sites (N-methyl/N-ethyl adjacent to an activating group) is 1. The number of amides is 1. The lowest BCUT2D eigenvalue weighted by Crippen LogP contribution is -2.20. The number of benzene rings is 1. The van der Waals surface area contributed by atoms with E-state index in [9.17, 15) is 4.79 Å². The third-order valence-corrected chi connectivity index (χ3v) is 2.64. The molecule has 1 rings (SSSR count). The molecule has 0 aliphatic rings. The van der Waals surface area contributed by atoms with Gasteiger partial charge in [-0.1, -0.05) is 18.2 Å². The Balaban J connectivity index is 2.75. The van der Waals surface area contributed by atoms with Crippen LogP contribution in [0.3, 0.4) is 0 Å². The van der Waals surface area contributed by atoms with Crippen molar-refractivity contribution < 1.29 is 4.79 Å². The lowest BCUT2D eigenvalue weighted by Gasteiger charge is -2.01. The Bertz CT molecular complexity index is 286. The topological polar surface area (TPSA) is 29.1 Å². The largest absolute Gasteiger partial charge is 0.359 e. The summed E-state index contributed by atoms with van der Waals surface area (Å²) >= 11 is 2.23. The van der Waals surface area contributed by atoms with Crippen molar-refractivity contribution in [2.75, 3.05) is 7.05 Å². The van der Waals surface area contributed by atoms with E-state index in [1.165, 1.54) is 0 Å². The lowest BCUT2D eigenvalue weighted by atomic mass is 10.1. The van der Waals surface area contributed by atoms with Crippen molar-refractivity contribution in [2.45, 2.75) is 6.42 Å². The van der Waals surface area contributed by atoms with E-state index in [2.05, 4.69) is 27.9 Å². The van der Waals surface area contributed by atoms with Gasteiger partial charge in [0.1, 0.15) is 0 Å². The van der Waals surface area contributed by atoms with Gasteiger partial charge in [-0.2, -0.15) is 0 Å². The average Bonchev–Trinajstić information content (AvgIpc) is 2.09. The van der Waals surface area contributed by atoms with E-state index in [1.54, 1.807) is 7.05 Å². The highest BCUT2D eigenvalue weighted by atomic mass is 127. The van der Waals surface area contributed by atoms with E-state index in [1.807, 2.05) is 24.3 Å². The maximum Gasteiger partial charge on any atom is 0.224 e. The second-order valence-electron chi connectivity index (χ2n) is 2.44. The van der Waals surface area contributed by atoms with Gasteiger partial charge < -0.3 is 5.32 Å². The Labute approximate surface area is 85.5 Å². The van der Waals surface area contributed by atoms with E-state index < -0.39 is 0 Å². The molecule has 0 aliphatic carbocycles. The monoisotopic (exact) mass is 275 g/mol. The van der Waals surface area contributed by atoms with E-state index in [4.69, 9.17) is 0 Å². The van der Waals surface area contributed by atoms with Gasteiger partial charge in [-0.3, -0.25) is 4.79 Å². The van der Waals surface area contributed by atoms with Crippen LogP contribution in [0.5, 0.6) is 0 Å². The molecule has 12 heavy (non-hydrogen) atoms. The number of carbonyl (C=O) groups excluding carboxylic acids is 1. The summed E-state index contributed by atoms with van der Waals surface area (Å²) in [6.07, 6.45) is 0.468. The molecule has 0 radical (unpaired) electrons. The normalized spacial score (nSPS) is 9.50. The van der Waals surface area contributed by atoms with Crippen LogP contribution in [0.15, 0.2) is 24.3 Å². The van der Waals surface area contributed by atoms with Gasteiger partial charge in [-0.25, -0.2) is 0 Å². The summed E-state index contributed by atoms with van der Waals surface area (Å²) in [5, 5.41) is 2.60. The fourth-order valence-corrected chi connectivity index (χ4v) is 1.48. The first kappa shape index (κ1) is 9.51. The van der Waals surface area contributed by atoms with Gasteiger partial charge in [0, 0.05) is 10.6 Å². The fourth-order valence-electron chi connectivity index (χ4n) is 0.903. The second-order valence-corrected chi connectivity index (χ2v) is 3.60. The molecule has 64 valence electrons. The zero-order chi connectivity index (χ0) is 8.97. The highest BCUT2D eigenvalue weighted by molar-refractivity contribution is 14.1. The van der Waals surface area contributed by atoms with Crippen molar-refractivity contribution in [3.8, 4) is 0 Å². The number of nitrogens with one attached hydrogen (secondary N) is 1. The van der Waals surface area contributed by atoms with Crippen LogP contribution in [0.2, 0.25) is 0 Å². The molecule has 1 amide bonds. The SMILES string of the molecule is CNC(=O)Cc1ccccc1I. The van der Waals surface area contributed by atoms with Crippen LogP contribution in [0.4, 0.5) is 0 Å². The highest BCUT2D eigenvalue weighted by Gasteiger charge is 2.02. The van der Waals surface area contributed by atoms with Gasteiger partial charge in [0.15, 0.2) is 0 Å². The summed E-state index contributed by atoms with van der Waals surface area (Å²) in [4.78, 5) is 11.0. The molecule has 1 N–H and O–H groups in total. The fraction of sp³-hybridized carbons (Fsp3) is 0.222. The average molecular weight is 275 g/mol. The molecule has 1 aromatic rings. The molecule has 0 saturated carbocycles. The van der Waals surface area contributed by atoms with Gasteiger partial charge in [-0.05, 0) is 34.2 Å². The van der Waals surface area contributed by atoms with Crippen LogP contribution in [0.1, 0.15) is 5.56 Å². The number of halogens is 1. The first-order valence-electron chi connectivity index (χ1n) is 3.68. The first-order valence-corrected chi connectivity index (χ1v) is 4.76. The molecule has 0 aromatic heterocycles. The van der Waals surface area contributed by atoms with E-state index >= 15 is 0 Å². The van der Waals surface area contributed by atoms with Gasteiger partial charge in [0.05, 0.1) is 6.42 Å². The molecular weight excluding hydrogens is 265 g/mol. The van der Waals surface area contributed by atoms with Crippen LogP contribution < -0.4 is 5.32 Å². The number of hydrogen-bond donors (Lipinski definition) is 1. The molecule has 0 heterocycles. The summed E-state index contributed by atoms with van der Waals surface area (Å²) in [6.45, 7) is 0. The summed E-state index contributed by atoms with van der Waals surface area (Å²) in [6, 6.07) is 7.88. The Morgan fingerprint density at radius 2 is 2.17 bits per heavy atom. The quantitative estimate of drug-likeness (QED) is 0.816. The van der Waals surface area contributed by atoms with Crippen molar-refractivity contribution in [1.29, 1.82) is 0 Å². The predicted molar refractivity (Wildman–Crippen MR) is 56.9 cm³/mol. The maximum atomic E-state index is 11.0. The Kier molecular flexibility index (Phi) is 3.52. The Hall–Kier alpha value is -0.580. The Morgan fingerprint density at radius 3 is 2.75 bits per heavy atom. The van der Waals surface area contributed by atoms with Crippen molar-refractivity contribution in [2.24, 2.45) is 0 Å². The van der Waals surface area contributed by atoms with Crippen LogP contribution >= 0.6 is 22.6 Å². The van der Waals surface area contributed by atoms with Crippen LogP contribution in [-0.4, -0.2) is 13.0 Å². The smallest absolute Gasteiger partial charge is 0.224 e. The van der Waals surface area contributed by atoms with E-state index in [-0.39, 0.29) is 5.91 Å². The zero-order valence-electron chi connectivity index (χ0n) is 6.80. The molecule has 0 aliphatic heterocycles. The molecule has 0 bridgehead atoms. The molecule has 0 fully saturated rings. The molecule has 1 aromatic carbocycles. The molecule has 0 spiro atoms. The lowest BCUT2D eigenvalue weighted by molar-refractivity contribution is -0.119. The zero-order valence-corrected chi connectivity index (χ0v) is 8.96. The molecule has 0 saturated heterocycles. The van der Waals surface area contributed by atoms with Gasteiger partial charge in [-0.15, -0.1) is 0 Å². The molecule has 3 heteroatoms. The summed E-state index contributed by atoms with van der Waals surface area (Å²) in [5.41, 5.74) is 1.08. The summed E-state index contributed by atoms with van der Waals surface area (Å²) in [7, 11) is 1.65.